The molecule has 6 aromatic rings. The van der Waals surface area contributed by atoms with Crippen molar-refractivity contribution in [2.45, 2.75) is 0 Å². The maximum absolute atomic E-state index is 9.26. The SMILES string of the molecule is CN(C)c1nc(-c2ccccc2Br)nc2ccccc12.CN(C)c1nc(-c2ccccc2C#N)nc2ccccc12. The van der Waals surface area contributed by atoms with E-state index < -0.39 is 0 Å². The number of para-hydroxylation sites is 2. The predicted molar refractivity (Wildman–Crippen MR) is 171 cm³/mol. The zero-order valence-electron chi connectivity index (χ0n) is 23.2. The predicted octanol–water partition coefficient (Wildman–Crippen LogP) is 7.36. The minimum atomic E-state index is 0.578. The highest BCUT2D eigenvalue weighted by Crippen LogP contribution is 2.30. The van der Waals surface area contributed by atoms with E-state index in [0.717, 1.165) is 54.9 Å². The summed E-state index contributed by atoms with van der Waals surface area (Å²) >= 11 is 3.57. The summed E-state index contributed by atoms with van der Waals surface area (Å²) in [6.07, 6.45) is 0. The van der Waals surface area contributed by atoms with Gasteiger partial charge in [-0.15, -0.1) is 0 Å². The van der Waals surface area contributed by atoms with E-state index >= 15 is 0 Å². The van der Waals surface area contributed by atoms with Crippen molar-refractivity contribution in [2.24, 2.45) is 0 Å². The molecule has 0 atom stereocenters. The first-order chi connectivity index (χ1) is 19.9. The summed E-state index contributed by atoms with van der Waals surface area (Å²) in [5.41, 5.74) is 4.17. The topological polar surface area (TPSA) is 81.8 Å². The van der Waals surface area contributed by atoms with E-state index in [2.05, 4.69) is 43.0 Å². The zero-order chi connectivity index (χ0) is 28.9. The first kappa shape index (κ1) is 27.7. The Balaban J connectivity index is 0.000000165. The van der Waals surface area contributed by atoms with Gasteiger partial charge in [-0.3, -0.25) is 0 Å². The molecule has 41 heavy (non-hydrogen) atoms. The second-order valence-electron chi connectivity index (χ2n) is 9.70. The van der Waals surface area contributed by atoms with Crippen LogP contribution in [-0.2, 0) is 0 Å². The van der Waals surface area contributed by atoms with Crippen LogP contribution in [0.4, 0.5) is 11.6 Å². The van der Waals surface area contributed by atoms with Crippen molar-refractivity contribution >= 4 is 49.4 Å². The fourth-order valence-electron chi connectivity index (χ4n) is 4.46. The molecular formula is C33H28BrN7. The smallest absolute Gasteiger partial charge is 0.163 e. The molecule has 0 radical (unpaired) electrons. The van der Waals surface area contributed by atoms with Gasteiger partial charge in [-0.1, -0.05) is 70.5 Å². The Morgan fingerprint density at radius 1 is 0.561 bits per heavy atom. The summed E-state index contributed by atoms with van der Waals surface area (Å²) in [5, 5.41) is 11.3. The molecule has 2 heterocycles. The number of fused-ring (bicyclic) bond motifs is 2. The van der Waals surface area contributed by atoms with Crippen molar-refractivity contribution in [1.82, 2.24) is 19.9 Å². The summed E-state index contributed by atoms with van der Waals surface area (Å²) in [6.45, 7) is 0. The maximum Gasteiger partial charge on any atom is 0.163 e. The second-order valence-corrected chi connectivity index (χ2v) is 10.6. The lowest BCUT2D eigenvalue weighted by Gasteiger charge is -2.15. The van der Waals surface area contributed by atoms with Gasteiger partial charge >= 0.3 is 0 Å². The van der Waals surface area contributed by atoms with Crippen molar-refractivity contribution in [2.75, 3.05) is 38.0 Å². The Hall–Kier alpha value is -4.87. The van der Waals surface area contributed by atoms with Gasteiger partial charge in [0.25, 0.3) is 0 Å². The number of nitrogens with zero attached hydrogens (tertiary/aromatic N) is 7. The molecular weight excluding hydrogens is 574 g/mol. The molecule has 0 aliphatic heterocycles. The number of aromatic nitrogens is 4. The summed E-state index contributed by atoms with van der Waals surface area (Å²) in [7, 11) is 7.90. The third-order valence-corrected chi connectivity index (χ3v) is 7.11. The first-order valence-electron chi connectivity index (χ1n) is 13.0. The summed E-state index contributed by atoms with van der Waals surface area (Å²) in [5.74, 6) is 3.10. The van der Waals surface area contributed by atoms with Gasteiger partial charge in [0.1, 0.15) is 11.6 Å². The van der Waals surface area contributed by atoms with Crippen LogP contribution in [0.5, 0.6) is 0 Å². The van der Waals surface area contributed by atoms with Gasteiger partial charge in [-0.05, 0) is 42.5 Å². The molecule has 0 amide bonds. The standard InChI is InChI=1S/C17H14N4.C16H14BrN3/c1-21(2)17-14-9-5-6-10-15(14)19-16(20-17)13-8-4-3-7-12(13)11-18;1-20(2)16-12-8-4-6-10-14(12)18-15(19-16)11-7-3-5-9-13(11)17/h3-10H,1-2H3;3-10H,1-2H3. The number of hydrogen-bond acceptors (Lipinski definition) is 7. The second kappa shape index (κ2) is 12.1. The van der Waals surface area contributed by atoms with Gasteiger partial charge in [0.05, 0.1) is 22.7 Å². The molecule has 0 saturated heterocycles. The van der Waals surface area contributed by atoms with Crippen LogP contribution < -0.4 is 9.80 Å². The Labute approximate surface area is 247 Å². The van der Waals surface area contributed by atoms with Gasteiger partial charge in [-0.2, -0.15) is 5.26 Å². The van der Waals surface area contributed by atoms with Crippen molar-refractivity contribution in [3.05, 3.63) is 107 Å². The molecule has 6 rings (SSSR count). The Morgan fingerprint density at radius 2 is 1.00 bits per heavy atom. The molecule has 8 heteroatoms. The van der Waals surface area contributed by atoms with Crippen LogP contribution in [0.3, 0.4) is 0 Å². The third kappa shape index (κ3) is 5.86. The van der Waals surface area contributed by atoms with Crippen LogP contribution in [0.1, 0.15) is 5.56 Å². The van der Waals surface area contributed by atoms with Gasteiger partial charge < -0.3 is 9.80 Å². The Kier molecular flexibility index (Phi) is 8.18. The zero-order valence-corrected chi connectivity index (χ0v) is 24.8. The minimum Gasteiger partial charge on any atom is -0.362 e. The molecule has 0 aliphatic rings. The first-order valence-corrected chi connectivity index (χ1v) is 13.8. The minimum absolute atomic E-state index is 0.578. The summed E-state index contributed by atoms with van der Waals surface area (Å²) in [6, 6.07) is 33.6. The van der Waals surface area contributed by atoms with E-state index in [4.69, 9.17) is 4.98 Å². The molecule has 0 saturated carbocycles. The van der Waals surface area contributed by atoms with Crippen LogP contribution in [0, 0.1) is 11.3 Å². The summed E-state index contributed by atoms with van der Waals surface area (Å²) < 4.78 is 1.000. The van der Waals surface area contributed by atoms with E-state index in [1.165, 1.54) is 0 Å². The van der Waals surface area contributed by atoms with Crippen LogP contribution >= 0.6 is 15.9 Å². The van der Waals surface area contributed by atoms with E-state index in [-0.39, 0.29) is 0 Å². The van der Waals surface area contributed by atoms with E-state index in [9.17, 15) is 5.26 Å². The monoisotopic (exact) mass is 601 g/mol. The van der Waals surface area contributed by atoms with Crippen molar-refractivity contribution in [1.29, 1.82) is 5.26 Å². The van der Waals surface area contributed by atoms with Crippen LogP contribution in [0.2, 0.25) is 0 Å². The molecule has 0 fully saturated rings. The highest BCUT2D eigenvalue weighted by atomic mass is 79.9. The van der Waals surface area contributed by atoms with Crippen molar-refractivity contribution in [3.63, 3.8) is 0 Å². The molecule has 0 spiro atoms. The average molecular weight is 603 g/mol. The van der Waals surface area contributed by atoms with Gasteiger partial charge in [-0.25, -0.2) is 19.9 Å². The normalized spacial score (nSPS) is 10.5. The van der Waals surface area contributed by atoms with Crippen LogP contribution in [0.15, 0.2) is 102 Å². The Morgan fingerprint density at radius 3 is 1.51 bits per heavy atom. The lowest BCUT2D eigenvalue weighted by molar-refractivity contribution is 1.06. The molecule has 0 N–H and O–H groups in total. The van der Waals surface area contributed by atoms with Gasteiger partial charge in [0.2, 0.25) is 0 Å². The lowest BCUT2D eigenvalue weighted by atomic mass is 10.1. The summed E-state index contributed by atoms with van der Waals surface area (Å²) in [4.78, 5) is 22.6. The molecule has 0 aliphatic carbocycles. The number of halogens is 1. The van der Waals surface area contributed by atoms with E-state index in [0.29, 0.717) is 11.4 Å². The molecule has 2 aromatic heterocycles. The van der Waals surface area contributed by atoms with E-state index in [1.807, 2.05) is 123 Å². The largest absolute Gasteiger partial charge is 0.362 e. The van der Waals surface area contributed by atoms with Gasteiger partial charge in [0.15, 0.2) is 11.6 Å². The quantitative estimate of drug-likeness (QED) is 0.209. The number of rotatable bonds is 4. The molecule has 7 nitrogen and oxygen atoms in total. The molecule has 0 bridgehead atoms. The third-order valence-electron chi connectivity index (χ3n) is 6.42. The highest BCUT2D eigenvalue weighted by molar-refractivity contribution is 9.10. The van der Waals surface area contributed by atoms with Crippen LogP contribution in [-0.4, -0.2) is 48.1 Å². The van der Waals surface area contributed by atoms with Crippen molar-refractivity contribution < 1.29 is 0 Å². The number of nitriles is 1. The number of hydrogen-bond donors (Lipinski definition) is 0. The molecule has 4 aromatic carbocycles. The fourth-order valence-corrected chi connectivity index (χ4v) is 4.92. The fraction of sp³-hybridized carbons (Fsp3) is 0.121. The van der Waals surface area contributed by atoms with Crippen molar-refractivity contribution in [3.8, 4) is 28.8 Å². The van der Waals surface area contributed by atoms with E-state index in [1.54, 1.807) is 6.07 Å². The van der Waals surface area contributed by atoms with Crippen LogP contribution in [0.25, 0.3) is 44.6 Å². The highest BCUT2D eigenvalue weighted by Gasteiger charge is 2.14. The lowest BCUT2D eigenvalue weighted by Crippen LogP contribution is -2.12. The number of benzene rings is 4. The molecule has 202 valence electrons. The van der Waals surface area contributed by atoms with Gasteiger partial charge in [0, 0.05) is 54.6 Å². The number of anilines is 2. The maximum atomic E-state index is 9.26. The average Bonchev–Trinajstić information content (AvgIpc) is 3.00. The Bertz CT molecular complexity index is 1890. The molecule has 0 unspecified atom stereocenters.